The molecule has 1 aliphatic heterocycles. The van der Waals surface area contributed by atoms with Crippen molar-refractivity contribution in [3.63, 3.8) is 0 Å². The Hall–Kier alpha value is -2.23. The first-order chi connectivity index (χ1) is 12.8. The average molecular weight is 408 g/mol. The van der Waals surface area contributed by atoms with E-state index in [0.29, 0.717) is 29.6 Å². The summed E-state index contributed by atoms with van der Waals surface area (Å²) in [6, 6.07) is 7.35. The number of hydrogen-bond acceptors (Lipinski definition) is 5. The lowest BCUT2D eigenvalue weighted by molar-refractivity contribution is 0.100. The summed E-state index contributed by atoms with van der Waals surface area (Å²) >= 11 is 1.19. The number of carbonyl (C=O) groups is 2. The predicted molar refractivity (Wildman–Crippen MR) is 104 cm³/mol. The number of rotatable bonds is 5. The summed E-state index contributed by atoms with van der Waals surface area (Å²) in [6.45, 7) is 3.07. The summed E-state index contributed by atoms with van der Waals surface area (Å²) in [4.78, 5) is 23.9. The molecule has 2 heterocycles. The molecule has 1 aromatic carbocycles. The zero-order valence-corrected chi connectivity index (χ0v) is 16.5. The van der Waals surface area contributed by atoms with Crippen molar-refractivity contribution in [2.24, 2.45) is 11.7 Å². The van der Waals surface area contributed by atoms with Crippen molar-refractivity contribution in [3.8, 4) is 0 Å². The predicted octanol–water partition coefficient (Wildman–Crippen LogP) is 2.52. The molecular weight excluding hydrogens is 386 g/mol. The normalized spacial score (nSPS) is 18.2. The van der Waals surface area contributed by atoms with Crippen molar-refractivity contribution in [3.05, 3.63) is 46.8 Å². The van der Waals surface area contributed by atoms with Gasteiger partial charge < -0.3 is 11.1 Å². The molecule has 1 atom stereocenters. The molecule has 2 aromatic rings. The zero-order chi connectivity index (χ0) is 19.6. The third-order valence-corrected chi connectivity index (χ3v) is 7.24. The highest BCUT2D eigenvalue weighted by atomic mass is 32.2. The fraction of sp³-hybridized carbons (Fsp3) is 0.333. The van der Waals surface area contributed by atoms with Gasteiger partial charge in [0, 0.05) is 18.7 Å². The monoisotopic (exact) mass is 407 g/mol. The van der Waals surface area contributed by atoms with Gasteiger partial charge in [-0.05, 0) is 54.5 Å². The van der Waals surface area contributed by atoms with Gasteiger partial charge in [0.05, 0.1) is 10.5 Å². The van der Waals surface area contributed by atoms with Crippen molar-refractivity contribution in [1.29, 1.82) is 0 Å². The largest absolute Gasteiger partial charge is 0.366 e. The molecule has 0 aliphatic carbocycles. The van der Waals surface area contributed by atoms with E-state index in [2.05, 4.69) is 5.32 Å². The number of carbonyl (C=O) groups excluding carboxylic acids is 2. The number of nitrogens with zero attached hydrogens (tertiary/aromatic N) is 1. The summed E-state index contributed by atoms with van der Waals surface area (Å²) in [7, 11) is -3.56. The quantitative estimate of drug-likeness (QED) is 0.793. The van der Waals surface area contributed by atoms with E-state index in [4.69, 9.17) is 5.73 Å². The van der Waals surface area contributed by atoms with Crippen LogP contribution in [-0.4, -0.2) is 37.6 Å². The van der Waals surface area contributed by atoms with E-state index < -0.39 is 21.8 Å². The maximum atomic E-state index is 12.8. The maximum Gasteiger partial charge on any atom is 0.256 e. The molecule has 27 heavy (non-hydrogen) atoms. The van der Waals surface area contributed by atoms with Crippen molar-refractivity contribution < 1.29 is 18.0 Å². The van der Waals surface area contributed by atoms with Gasteiger partial charge >= 0.3 is 0 Å². The molecular formula is C18H21N3O4S2. The standard InChI is InChI=1S/C18H21N3O4S2/c1-12-3-2-9-21(11-12)27(24,25)14-6-4-13(5-7-14)17(23)20-18-15(16(19)22)8-10-26-18/h4-8,10,12H,2-3,9,11H2,1H3,(H2,19,22)(H,20,23). The minimum Gasteiger partial charge on any atom is -0.366 e. The zero-order valence-electron chi connectivity index (χ0n) is 14.8. The molecule has 3 N–H and O–H groups in total. The second-order valence-corrected chi connectivity index (χ2v) is 9.47. The van der Waals surface area contributed by atoms with Gasteiger partial charge in [-0.3, -0.25) is 9.59 Å². The van der Waals surface area contributed by atoms with Crippen LogP contribution in [0.2, 0.25) is 0 Å². The van der Waals surface area contributed by atoms with Crippen LogP contribution in [0.1, 0.15) is 40.5 Å². The fourth-order valence-electron chi connectivity index (χ4n) is 3.07. The number of thiophene rings is 1. The van der Waals surface area contributed by atoms with Crippen LogP contribution in [0, 0.1) is 5.92 Å². The second-order valence-electron chi connectivity index (χ2n) is 6.62. The maximum absolute atomic E-state index is 12.8. The molecule has 3 rings (SSSR count). The van der Waals surface area contributed by atoms with Crippen LogP contribution in [-0.2, 0) is 10.0 Å². The minimum absolute atomic E-state index is 0.169. The molecule has 1 unspecified atom stereocenters. The van der Waals surface area contributed by atoms with Crippen LogP contribution in [0.5, 0.6) is 0 Å². The fourth-order valence-corrected chi connectivity index (χ4v) is 5.45. The smallest absolute Gasteiger partial charge is 0.256 e. The van der Waals surface area contributed by atoms with Crippen LogP contribution in [0.4, 0.5) is 5.00 Å². The molecule has 0 spiro atoms. The topological polar surface area (TPSA) is 110 Å². The Morgan fingerprint density at radius 2 is 1.93 bits per heavy atom. The van der Waals surface area contributed by atoms with Crippen molar-refractivity contribution in [2.45, 2.75) is 24.7 Å². The van der Waals surface area contributed by atoms with Gasteiger partial charge in [-0.25, -0.2) is 8.42 Å². The number of hydrogen-bond donors (Lipinski definition) is 2. The van der Waals surface area contributed by atoms with E-state index >= 15 is 0 Å². The van der Waals surface area contributed by atoms with Crippen LogP contribution in [0.15, 0.2) is 40.6 Å². The number of amides is 2. The average Bonchev–Trinajstić information content (AvgIpc) is 3.10. The number of sulfonamides is 1. The molecule has 9 heteroatoms. The molecule has 1 aliphatic rings. The third-order valence-electron chi connectivity index (χ3n) is 4.53. The van der Waals surface area contributed by atoms with E-state index in [1.165, 1.54) is 46.0 Å². The van der Waals surface area contributed by atoms with Crippen molar-refractivity contribution in [1.82, 2.24) is 4.31 Å². The summed E-state index contributed by atoms with van der Waals surface area (Å²) in [5, 5.41) is 4.66. The summed E-state index contributed by atoms with van der Waals surface area (Å²) < 4.78 is 27.0. The van der Waals surface area contributed by atoms with Gasteiger partial charge in [-0.1, -0.05) is 6.92 Å². The van der Waals surface area contributed by atoms with Gasteiger partial charge in [0.25, 0.3) is 11.8 Å². The first-order valence-electron chi connectivity index (χ1n) is 8.58. The Balaban J connectivity index is 1.75. The minimum atomic E-state index is -3.56. The van der Waals surface area contributed by atoms with Gasteiger partial charge in [0.15, 0.2) is 0 Å². The lowest BCUT2D eigenvalue weighted by atomic mass is 10.0. The number of piperidine rings is 1. The second kappa shape index (κ2) is 7.79. The highest BCUT2D eigenvalue weighted by Gasteiger charge is 2.28. The van der Waals surface area contributed by atoms with E-state index in [9.17, 15) is 18.0 Å². The Morgan fingerprint density at radius 1 is 1.22 bits per heavy atom. The first-order valence-corrected chi connectivity index (χ1v) is 10.9. The highest BCUT2D eigenvalue weighted by molar-refractivity contribution is 7.89. The van der Waals surface area contributed by atoms with E-state index in [1.54, 1.807) is 5.38 Å². The number of nitrogens with two attached hydrogens (primary N) is 1. The molecule has 0 radical (unpaired) electrons. The van der Waals surface area contributed by atoms with Crippen molar-refractivity contribution in [2.75, 3.05) is 18.4 Å². The Morgan fingerprint density at radius 3 is 2.56 bits per heavy atom. The highest BCUT2D eigenvalue weighted by Crippen LogP contribution is 2.25. The van der Waals surface area contributed by atoms with Gasteiger partial charge in [-0.15, -0.1) is 11.3 Å². The van der Waals surface area contributed by atoms with Crippen LogP contribution in [0.25, 0.3) is 0 Å². The molecule has 144 valence electrons. The number of anilines is 1. The molecule has 1 fully saturated rings. The van der Waals surface area contributed by atoms with Gasteiger partial charge in [-0.2, -0.15) is 4.31 Å². The number of benzene rings is 1. The lowest BCUT2D eigenvalue weighted by Gasteiger charge is -2.30. The summed E-state index contributed by atoms with van der Waals surface area (Å²) in [5.74, 6) is -0.719. The van der Waals surface area contributed by atoms with Crippen LogP contribution >= 0.6 is 11.3 Å². The molecule has 2 amide bonds. The molecule has 1 saturated heterocycles. The Bertz CT molecular complexity index is 951. The first kappa shape index (κ1) is 19.5. The Kier molecular flexibility index (Phi) is 5.64. The SMILES string of the molecule is CC1CCCN(S(=O)(=O)c2ccc(C(=O)Nc3sccc3C(N)=O)cc2)C1. The molecule has 0 bridgehead atoms. The van der Waals surface area contributed by atoms with Gasteiger partial charge in [0.2, 0.25) is 10.0 Å². The van der Waals surface area contributed by atoms with Crippen LogP contribution < -0.4 is 11.1 Å². The van der Waals surface area contributed by atoms with E-state index in [1.807, 2.05) is 6.92 Å². The Labute approximate surface area is 162 Å². The van der Waals surface area contributed by atoms with Crippen molar-refractivity contribution >= 4 is 38.2 Å². The number of primary amides is 1. The van der Waals surface area contributed by atoms with E-state index in [-0.39, 0.29) is 10.5 Å². The summed E-state index contributed by atoms with van der Waals surface area (Å²) in [5.41, 5.74) is 5.81. The summed E-state index contributed by atoms with van der Waals surface area (Å²) in [6.07, 6.45) is 1.88. The van der Waals surface area contributed by atoms with Crippen LogP contribution in [0.3, 0.4) is 0 Å². The molecule has 0 saturated carbocycles. The van der Waals surface area contributed by atoms with E-state index in [0.717, 1.165) is 12.8 Å². The number of nitrogens with one attached hydrogen (secondary N) is 1. The van der Waals surface area contributed by atoms with Gasteiger partial charge in [0.1, 0.15) is 5.00 Å². The lowest BCUT2D eigenvalue weighted by Crippen LogP contribution is -2.39. The molecule has 7 nitrogen and oxygen atoms in total. The molecule has 1 aromatic heterocycles. The third kappa shape index (κ3) is 4.20.